The number of rotatable bonds is 14. The number of fused-ring (bicyclic) bond motifs is 1. The third-order valence-electron chi connectivity index (χ3n) is 8.27. The molecule has 0 fully saturated rings. The first-order valence-electron chi connectivity index (χ1n) is 16.9. The second-order valence-corrected chi connectivity index (χ2v) is 13.5. The standard InChI is InChI=1S/C38H47N5O8/c1-24-19-27(44)21-32-28(24)22-30(42-37(49)51-38(2,3)4)35(47)43(32)31(34(46)41-29(33(39)45)20-25-13-7-5-8-14-25)17-11-12-18-40-36(48)50-23-26-15-9-6-10-16-26/h5-10,13-16,19,21,29-31,44H,11-12,17-18,20,22-23H2,1-4H3,(H2,39,45)(H,40,48)(H,41,46)(H,42,49)/t29-,30?,31-/m0/s1. The van der Waals surface area contributed by atoms with Gasteiger partial charge in [-0.1, -0.05) is 60.7 Å². The number of anilines is 1. The monoisotopic (exact) mass is 701 g/mol. The molecular formula is C38H47N5O8. The first kappa shape index (κ1) is 38.2. The van der Waals surface area contributed by atoms with E-state index in [1.807, 2.05) is 36.4 Å². The molecule has 3 aromatic rings. The van der Waals surface area contributed by atoms with E-state index in [0.29, 0.717) is 29.7 Å². The number of primary amides is 1. The zero-order chi connectivity index (χ0) is 37.1. The number of ether oxygens (including phenoxy) is 2. The lowest BCUT2D eigenvalue weighted by Crippen LogP contribution is -2.61. The molecule has 0 aromatic heterocycles. The molecule has 4 rings (SSSR count). The van der Waals surface area contributed by atoms with Gasteiger partial charge in [0.1, 0.15) is 36.1 Å². The van der Waals surface area contributed by atoms with E-state index >= 15 is 0 Å². The molecule has 1 unspecified atom stereocenters. The topological polar surface area (TPSA) is 189 Å². The number of alkyl carbamates (subject to hydrolysis) is 2. The summed E-state index contributed by atoms with van der Waals surface area (Å²) in [5.41, 5.74) is 8.12. The summed E-state index contributed by atoms with van der Waals surface area (Å²) in [7, 11) is 0. The molecule has 1 aliphatic heterocycles. The predicted molar refractivity (Wildman–Crippen MR) is 191 cm³/mol. The smallest absolute Gasteiger partial charge is 0.408 e. The summed E-state index contributed by atoms with van der Waals surface area (Å²) in [5.74, 6) is -2.12. The predicted octanol–water partition coefficient (Wildman–Crippen LogP) is 4.16. The molecule has 0 saturated carbocycles. The minimum absolute atomic E-state index is 0.0945. The summed E-state index contributed by atoms with van der Waals surface area (Å²) >= 11 is 0. The minimum Gasteiger partial charge on any atom is -0.508 e. The molecule has 1 aliphatic rings. The average molecular weight is 702 g/mol. The van der Waals surface area contributed by atoms with Crippen LogP contribution in [0, 0.1) is 6.92 Å². The van der Waals surface area contributed by atoms with Gasteiger partial charge in [0.2, 0.25) is 11.8 Å². The number of nitrogens with two attached hydrogens (primary N) is 1. The fraction of sp³-hybridized carbons (Fsp3) is 0.395. The van der Waals surface area contributed by atoms with E-state index in [0.717, 1.165) is 11.1 Å². The van der Waals surface area contributed by atoms with E-state index in [1.165, 1.54) is 17.0 Å². The van der Waals surface area contributed by atoms with Crippen molar-refractivity contribution in [2.75, 3.05) is 11.4 Å². The number of amides is 5. The van der Waals surface area contributed by atoms with E-state index in [2.05, 4.69) is 16.0 Å². The van der Waals surface area contributed by atoms with Gasteiger partial charge in [-0.2, -0.15) is 0 Å². The molecule has 5 amide bonds. The summed E-state index contributed by atoms with van der Waals surface area (Å²) in [4.78, 5) is 67.4. The fourth-order valence-corrected chi connectivity index (χ4v) is 5.87. The van der Waals surface area contributed by atoms with Gasteiger partial charge in [0.05, 0.1) is 5.69 Å². The van der Waals surface area contributed by atoms with Gasteiger partial charge in [0.15, 0.2) is 0 Å². The maximum atomic E-state index is 14.3. The van der Waals surface area contributed by atoms with Crippen molar-refractivity contribution in [2.45, 2.75) is 90.1 Å². The van der Waals surface area contributed by atoms with E-state index in [9.17, 15) is 29.1 Å². The highest BCUT2D eigenvalue weighted by Gasteiger charge is 2.42. The Balaban J connectivity index is 1.57. The summed E-state index contributed by atoms with van der Waals surface area (Å²) < 4.78 is 10.7. The molecule has 1 heterocycles. The van der Waals surface area contributed by atoms with Crippen LogP contribution in [0.3, 0.4) is 0 Å². The molecule has 3 atom stereocenters. The van der Waals surface area contributed by atoms with Crippen LogP contribution in [0.15, 0.2) is 72.8 Å². The van der Waals surface area contributed by atoms with Crippen LogP contribution < -0.4 is 26.6 Å². The third kappa shape index (κ3) is 11.2. The van der Waals surface area contributed by atoms with Gasteiger partial charge >= 0.3 is 12.2 Å². The number of unbranched alkanes of at least 4 members (excludes halogenated alkanes) is 1. The van der Waals surface area contributed by atoms with Crippen molar-refractivity contribution in [3.05, 3.63) is 95.1 Å². The Hall–Kier alpha value is -5.59. The van der Waals surface area contributed by atoms with Crippen molar-refractivity contribution in [1.82, 2.24) is 16.0 Å². The molecule has 0 saturated heterocycles. The Morgan fingerprint density at radius 1 is 0.961 bits per heavy atom. The number of phenols is 1. The number of carbonyl (C=O) groups is 5. The van der Waals surface area contributed by atoms with E-state index in [-0.39, 0.29) is 38.2 Å². The number of nitrogens with zero attached hydrogens (tertiary/aromatic N) is 1. The van der Waals surface area contributed by atoms with Crippen LogP contribution in [-0.4, -0.2) is 65.3 Å². The summed E-state index contributed by atoms with van der Waals surface area (Å²) in [6, 6.07) is 17.9. The Kier molecular flexibility index (Phi) is 13.0. The van der Waals surface area contributed by atoms with Crippen LogP contribution in [0.25, 0.3) is 0 Å². The Morgan fingerprint density at radius 3 is 2.24 bits per heavy atom. The number of hydrogen-bond acceptors (Lipinski definition) is 8. The van der Waals surface area contributed by atoms with Gasteiger partial charge in [-0.15, -0.1) is 0 Å². The molecule has 0 radical (unpaired) electrons. The lowest BCUT2D eigenvalue weighted by atomic mass is 9.90. The molecule has 3 aromatic carbocycles. The van der Waals surface area contributed by atoms with Crippen molar-refractivity contribution in [3.8, 4) is 5.75 Å². The molecule has 13 heteroatoms. The maximum Gasteiger partial charge on any atom is 0.408 e. The number of phenolic OH excluding ortho intramolecular Hbond substituents is 1. The number of aryl methyl sites for hydroxylation is 1. The van der Waals surface area contributed by atoms with Gasteiger partial charge in [0, 0.05) is 25.5 Å². The summed E-state index contributed by atoms with van der Waals surface area (Å²) in [6.07, 6.45) is -0.306. The van der Waals surface area contributed by atoms with Crippen molar-refractivity contribution in [1.29, 1.82) is 0 Å². The molecule has 13 nitrogen and oxygen atoms in total. The molecule has 0 aliphatic carbocycles. The molecular weight excluding hydrogens is 654 g/mol. The number of benzene rings is 3. The van der Waals surface area contributed by atoms with Crippen molar-refractivity contribution in [3.63, 3.8) is 0 Å². The maximum absolute atomic E-state index is 14.3. The van der Waals surface area contributed by atoms with Crippen LogP contribution in [0.5, 0.6) is 5.75 Å². The largest absolute Gasteiger partial charge is 0.508 e. The number of aromatic hydroxyl groups is 1. The molecule has 51 heavy (non-hydrogen) atoms. The Morgan fingerprint density at radius 2 is 1.61 bits per heavy atom. The van der Waals surface area contributed by atoms with Gasteiger partial charge in [-0.05, 0) is 75.3 Å². The highest BCUT2D eigenvalue weighted by atomic mass is 16.6. The van der Waals surface area contributed by atoms with E-state index < -0.39 is 53.6 Å². The van der Waals surface area contributed by atoms with Gasteiger partial charge < -0.3 is 36.3 Å². The summed E-state index contributed by atoms with van der Waals surface area (Å²) in [5, 5.41) is 18.7. The van der Waals surface area contributed by atoms with E-state index in [1.54, 1.807) is 52.0 Å². The van der Waals surface area contributed by atoms with Gasteiger partial charge in [-0.3, -0.25) is 19.3 Å². The summed E-state index contributed by atoms with van der Waals surface area (Å²) in [6.45, 7) is 7.21. The second kappa shape index (κ2) is 17.4. The minimum atomic E-state index is -1.19. The Bertz CT molecular complexity index is 1690. The van der Waals surface area contributed by atoms with Crippen molar-refractivity contribution in [2.24, 2.45) is 5.73 Å². The van der Waals surface area contributed by atoms with Crippen LogP contribution in [0.1, 0.15) is 62.3 Å². The molecule has 0 spiro atoms. The number of carbonyl (C=O) groups excluding carboxylic acids is 5. The van der Waals surface area contributed by atoms with Crippen LogP contribution in [-0.2, 0) is 43.3 Å². The Labute approximate surface area is 297 Å². The van der Waals surface area contributed by atoms with Crippen LogP contribution in [0.2, 0.25) is 0 Å². The zero-order valence-electron chi connectivity index (χ0n) is 29.4. The normalized spacial score (nSPS) is 15.2. The lowest BCUT2D eigenvalue weighted by Gasteiger charge is -2.40. The zero-order valence-corrected chi connectivity index (χ0v) is 29.4. The lowest BCUT2D eigenvalue weighted by molar-refractivity contribution is -0.130. The van der Waals surface area contributed by atoms with E-state index in [4.69, 9.17) is 15.2 Å². The van der Waals surface area contributed by atoms with Crippen LogP contribution in [0.4, 0.5) is 15.3 Å². The number of nitrogens with one attached hydrogen (secondary N) is 3. The molecule has 272 valence electrons. The first-order chi connectivity index (χ1) is 24.2. The van der Waals surface area contributed by atoms with Crippen LogP contribution >= 0.6 is 0 Å². The highest BCUT2D eigenvalue weighted by Crippen LogP contribution is 2.36. The van der Waals surface area contributed by atoms with Crippen molar-refractivity contribution < 1.29 is 38.6 Å². The number of hydrogen-bond donors (Lipinski definition) is 5. The first-order valence-corrected chi connectivity index (χ1v) is 16.9. The highest BCUT2D eigenvalue weighted by molar-refractivity contribution is 6.07. The molecule has 0 bridgehead atoms. The average Bonchev–Trinajstić information content (AvgIpc) is 3.06. The quantitative estimate of drug-likeness (QED) is 0.155. The second-order valence-electron chi connectivity index (χ2n) is 13.5. The SMILES string of the molecule is Cc1cc(O)cc2c1CC(NC(=O)OC(C)(C)C)C(=O)N2[C@@H](CCCCNC(=O)OCc1ccccc1)C(=O)N[C@@H](Cc1ccccc1)C(N)=O. The van der Waals surface area contributed by atoms with Crippen molar-refractivity contribution >= 4 is 35.6 Å². The van der Waals surface area contributed by atoms with Gasteiger partial charge in [0.25, 0.3) is 5.91 Å². The van der Waals surface area contributed by atoms with Gasteiger partial charge in [-0.25, -0.2) is 9.59 Å². The third-order valence-corrected chi connectivity index (χ3v) is 8.27. The fourth-order valence-electron chi connectivity index (χ4n) is 5.87. The molecule has 6 N–H and O–H groups in total.